The lowest BCUT2D eigenvalue weighted by molar-refractivity contribution is -0.146. The lowest BCUT2D eigenvalue weighted by Crippen LogP contribution is -2.45. The molecule has 0 aromatic heterocycles. The first kappa shape index (κ1) is 13.4. The van der Waals surface area contributed by atoms with Gasteiger partial charge in [0.05, 0.1) is 5.92 Å². The number of carboxylic acid groups (broad SMARTS) is 1. The molecule has 1 fully saturated rings. The summed E-state index contributed by atoms with van der Waals surface area (Å²) in [6.45, 7) is 0.957. The van der Waals surface area contributed by atoms with E-state index in [1.54, 1.807) is 0 Å². The van der Waals surface area contributed by atoms with Crippen LogP contribution in [0.4, 0.5) is 0 Å². The number of aliphatic carboxylic acids is 1. The second-order valence-electron chi connectivity index (χ2n) is 5.02. The van der Waals surface area contributed by atoms with Crippen LogP contribution in [-0.4, -0.2) is 35.6 Å². The summed E-state index contributed by atoms with van der Waals surface area (Å²) in [6, 6.07) is 8.31. The summed E-state index contributed by atoms with van der Waals surface area (Å²) in [4.78, 5) is 13.0. The van der Waals surface area contributed by atoms with E-state index in [0.717, 1.165) is 30.8 Å². The molecule has 0 amide bonds. The molecule has 0 unspecified atom stereocenters. The Bertz CT molecular complexity index is 412. The Morgan fingerprint density at radius 2 is 2.00 bits per heavy atom. The normalized spacial score (nSPS) is 22.8. The first-order chi connectivity index (χ1) is 8.56. The van der Waals surface area contributed by atoms with Gasteiger partial charge in [-0.3, -0.25) is 4.79 Å². The molecule has 3 nitrogen and oxygen atoms in total. The predicted molar refractivity (Wildman–Crippen MR) is 71.9 cm³/mol. The quantitative estimate of drug-likeness (QED) is 0.892. The van der Waals surface area contributed by atoms with E-state index in [1.807, 2.05) is 24.3 Å². The summed E-state index contributed by atoms with van der Waals surface area (Å²) in [6.07, 6.45) is 2.54. The zero-order chi connectivity index (χ0) is 13.1. The van der Waals surface area contributed by atoms with Crippen LogP contribution in [0.1, 0.15) is 18.4 Å². The molecule has 98 valence electrons. The molecule has 0 bridgehead atoms. The van der Waals surface area contributed by atoms with E-state index in [2.05, 4.69) is 11.9 Å². The van der Waals surface area contributed by atoms with Crippen LogP contribution >= 0.6 is 11.6 Å². The Morgan fingerprint density at radius 3 is 2.56 bits per heavy atom. The molecule has 1 saturated carbocycles. The van der Waals surface area contributed by atoms with Gasteiger partial charge in [0.1, 0.15) is 0 Å². The third-order valence-corrected chi connectivity index (χ3v) is 4.00. The maximum absolute atomic E-state index is 10.7. The van der Waals surface area contributed by atoms with Gasteiger partial charge in [0.15, 0.2) is 0 Å². The van der Waals surface area contributed by atoms with Crippen LogP contribution in [0.5, 0.6) is 0 Å². The minimum atomic E-state index is -0.655. The van der Waals surface area contributed by atoms with E-state index in [-0.39, 0.29) is 5.92 Å². The van der Waals surface area contributed by atoms with Crippen LogP contribution < -0.4 is 0 Å². The highest BCUT2D eigenvalue weighted by Gasteiger charge is 2.36. The Labute approximate surface area is 112 Å². The number of halogens is 1. The number of carboxylic acids is 1. The van der Waals surface area contributed by atoms with Crippen molar-refractivity contribution in [1.29, 1.82) is 0 Å². The highest BCUT2D eigenvalue weighted by atomic mass is 35.5. The topological polar surface area (TPSA) is 40.5 Å². The van der Waals surface area contributed by atoms with Crippen LogP contribution in [0.15, 0.2) is 24.3 Å². The molecule has 1 aliphatic rings. The predicted octanol–water partition coefficient (Wildman–Crippen LogP) is 2.68. The largest absolute Gasteiger partial charge is 0.481 e. The third kappa shape index (κ3) is 3.24. The van der Waals surface area contributed by atoms with Crippen molar-refractivity contribution in [3.63, 3.8) is 0 Å². The third-order valence-electron chi connectivity index (χ3n) is 3.75. The molecule has 0 heterocycles. The van der Waals surface area contributed by atoms with Crippen molar-refractivity contribution in [2.24, 2.45) is 5.92 Å². The molecule has 4 heteroatoms. The molecule has 0 atom stereocenters. The van der Waals surface area contributed by atoms with Gasteiger partial charge < -0.3 is 10.0 Å². The number of rotatable bonds is 5. The lowest BCUT2D eigenvalue weighted by Gasteiger charge is -2.39. The maximum atomic E-state index is 10.7. The fourth-order valence-electron chi connectivity index (χ4n) is 2.29. The zero-order valence-electron chi connectivity index (χ0n) is 10.5. The summed E-state index contributed by atoms with van der Waals surface area (Å²) in [5.41, 5.74) is 1.26. The Hall–Kier alpha value is -1.06. The molecular weight excluding hydrogens is 250 g/mol. The molecule has 0 saturated heterocycles. The van der Waals surface area contributed by atoms with Gasteiger partial charge in [-0.05, 0) is 44.0 Å². The van der Waals surface area contributed by atoms with E-state index in [4.69, 9.17) is 16.7 Å². The van der Waals surface area contributed by atoms with Gasteiger partial charge in [-0.15, -0.1) is 0 Å². The number of hydrogen-bond acceptors (Lipinski definition) is 2. The van der Waals surface area contributed by atoms with E-state index >= 15 is 0 Å². The van der Waals surface area contributed by atoms with Gasteiger partial charge in [-0.2, -0.15) is 0 Å². The molecule has 2 rings (SSSR count). The van der Waals surface area contributed by atoms with Crippen molar-refractivity contribution in [3.8, 4) is 0 Å². The van der Waals surface area contributed by atoms with Crippen LogP contribution in [-0.2, 0) is 11.2 Å². The minimum absolute atomic E-state index is 0.131. The maximum Gasteiger partial charge on any atom is 0.306 e. The number of nitrogens with zero attached hydrogens (tertiary/aromatic N) is 1. The van der Waals surface area contributed by atoms with E-state index in [9.17, 15) is 4.79 Å². The summed E-state index contributed by atoms with van der Waals surface area (Å²) in [5.74, 6) is -0.787. The number of likely N-dealkylation sites (N-methyl/N-ethyl adjacent to an activating group) is 1. The first-order valence-corrected chi connectivity index (χ1v) is 6.61. The first-order valence-electron chi connectivity index (χ1n) is 6.23. The van der Waals surface area contributed by atoms with E-state index in [1.165, 1.54) is 5.56 Å². The van der Waals surface area contributed by atoms with Crippen LogP contribution in [0.3, 0.4) is 0 Å². The minimum Gasteiger partial charge on any atom is -0.481 e. The summed E-state index contributed by atoms with van der Waals surface area (Å²) in [7, 11) is 2.07. The van der Waals surface area contributed by atoms with Crippen molar-refractivity contribution in [2.45, 2.75) is 25.3 Å². The molecule has 1 N–H and O–H groups in total. The highest BCUT2D eigenvalue weighted by Crippen LogP contribution is 2.31. The van der Waals surface area contributed by atoms with E-state index < -0.39 is 5.97 Å². The second kappa shape index (κ2) is 5.72. The van der Waals surface area contributed by atoms with Crippen LogP contribution in [0.25, 0.3) is 0 Å². The van der Waals surface area contributed by atoms with Crippen molar-refractivity contribution in [3.05, 3.63) is 34.9 Å². The van der Waals surface area contributed by atoms with Gasteiger partial charge in [-0.25, -0.2) is 0 Å². The average molecular weight is 268 g/mol. The van der Waals surface area contributed by atoms with Gasteiger partial charge in [-0.1, -0.05) is 23.7 Å². The average Bonchev–Trinajstić information content (AvgIpc) is 2.25. The fourth-order valence-corrected chi connectivity index (χ4v) is 2.41. The number of hydrogen-bond donors (Lipinski definition) is 1. The number of carbonyl (C=O) groups is 1. The van der Waals surface area contributed by atoms with Gasteiger partial charge in [0.2, 0.25) is 0 Å². The van der Waals surface area contributed by atoms with Crippen molar-refractivity contribution < 1.29 is 9.90 Å². The monoisotopic (exact) mass is 267 g/mol. The molecule has 18 heavy (non-hydrogen) atoms. The van der Waals surface area contributed by atoms with Crippen LogP contribution in [0.2, 0.25) is 5.02 Å². The van der Waals surface area contributed by atoms with Crippen molar-refractivity contribution >= 4 is 17.6 Å². The Balaban J connectivity index is 1.74. The summed E-state index contributed by atoms with van der Waals surface area (Å²) >= 11 is 5.84. The van der Waals surface area contributed by atoms with Gasteiger partial charge in [0, 0.05) is 17.6 Å². The van der Waals surface area contributed by atoms with Gasteiger partial charge in [0.25, 0.3) is 0 Å². The van der Waals surface area contributed by atoms with Crippen molar-refractivity contribution in [2.75, 3.05) is 13.6 Å². The molecule has 0 radical (unpaired) electrons. The fraction of sp³-hybridized carbons (Fsp3) is 0.500. The summed E-state index contributed by atoms with van der Waals surface area (Å²) < 4.78 is 0. The molecule has 1 aromatic rings. The second-order valence-corrected chi connectivity index (χ2v) is 5.45. The molecular formula is C14H18ClNO2. The molecule has 1 aliphatic carbocycles. The standard InChI is InChI=1S/C14H18ClNO2/c1-16(13-8-11(9-13)14(17)18)7-6-10-2-4-12(15)5-3-10/h2-5,11,13H,6-9H2,1H3,(H,17,18). The van der Waals surface area contributed by atoms with E-state index in [0.29, 0.717) is 6.04 Å². The molecule has 0 spiro atoms. The zero-order valence-corrected chi connectivity index (χ0v) is 11.2. The Kier molecular flexibility index (Phi) is 4.25. The smallest absolute Gasteiger partial charge is 0.306 e. The molecule has 0 aliphatic heterocycles. The molecule has 1 aromatic carbocycles. The SMILES string of the molecule is CN(CCc1ccc(Cl)cc1)C1CC(C(=O)O)C1. The number of benzene rings is 1. The van der Waals surface area contributed by atoms with Crippen LogP contribution in [0, 0.1) is 5.92 Å². The Morgan fingerprint density at radius 1 is 1.39 bits per heavy atom. The van der Waals surface area contributed by atoms with Crippen molar-refractivity contribution in [1.82, 2.24) is 4.90 Å². The summed E-state index contributed by atoms with van der Waals surface area (Å²) in [5, 5.41) is 9.60. The van der Waals surface area contributed by atoms with Gasteiger partial charge >= 0.3 is 5.97 Å². The lowest BCUT2D eigenvalue weighted by atomic mass is 9.79. The highest BCUT2D eigenvalue weighted by molar-refractivity contribution is 6.30.